The van der Waals surface area contributed by atoms with Gasteiger partial charge in [0.05, 0.1) is 29.4 Å². The lowest BCUT2D eigenvalue weighted by atomic mass is 9.93. The molecule has 0 spiro atoms. The van der Waals surface area contributed by atoms with Crippen LogP contribution in [-0.2, 0) is 19.4 Å². The maximum absolute atomic E-state index is 12.1. The summed E-state index contributed by atoms with van der Waals surface area (Å²) in [6, 6.07) is 9.71. The van der Waals surface area contributed by atoms with Crippen LogP contribution in [0.4, 0.5) is 0 Å². The Morgan fingerprint density at radius 3 is 3.00 bits per heavy atom. The summed E-state index contributed by atoms with van der Waals surface area (Å²) in [5, 5.41) is 13.6. The second-order valence-electron chi connectivity index (χ2n) is 5.37. The fourth-order valence-corrected chi connectivity index (χ4v) is 2.96. The molecule has 3 rings (SSSR count). The molecule has 0 N–H and O–H groups in total. The van der Waals surface area contributed by atoms with E-state index < -0.39 is 0 Å². The number of carbonyl (C=O) groups excluding carboxylic acids is 1. The van der Waals surface area contributed by atoms with Gasteiger partial charge < -0.3 is 0 Å². The molecule has 4 heteroatoms. The number of hydrogen-bond donors (Lipinski definition) is 0. The molecule has 1 heterocycles. The molecule has 21 heavy (non-hydrogen) atoms. The number of aromatic nitrogens is 2. The fourth-order valence-electron chi connectivity index (χ4n) is 2.96. The molecule has 0 unspecified atom stereocenters. The van der Waals surface area contributed by atoms with Crippen LogP contribution in [0.5, 0.6) is 0 Å². The lowest BCUT2D eigenvalue weighted by Crippen LogP contribution is -2.14. The Hall–Kier alpha value is -2.41. The first-order valence-corrected chi connectivity index (χ1v) is 7.33. The third-order valence-corrected chi connectivity index (χ3v) is 3.95. The summed E-state index contributed by atoms with van der Waals surface area (Å²) in [5.74, 6) is 0.227. The number of fused-ring (bicyclic) bond motifs is 1. The number of hydrogen-bond acceptors (Lipinski definition) is 3. The van der Waals surface area contributed by atoms with Crippen LogP contribution in [0, 0.1) is 11.3 Å². The van der Waals surface area contributed by atoms with Crippen molar-refractivity contribution < 1.29 is 4.79 Å². The maximum atomic E-state index is 12.1. The van der Waals surface area contributed by atoms with E-state index in [-0.39, 0.29) is 5.78 Å². The van der Waals surface area contributed by atoms with Gasteiger partial charge in [0.25, 0.3) is 0 Å². The van der Waals surface area contributed by atoms with E-state index in [0.717, 1.165) is 41.8 Å². The van der Waals surface area contributed by atoms with E-state index >= 15 is 0 Å². The second-order valence-corrected chi connectivity index (χ2v) is 5.37. The topological polar surface area (TPSA) is 58.7 Å². The number of carbonyl (C=O) groups is 1. The van der Waals surface area contributed by atoms with Gasteiger partial charge in [-0.05, 0) is 37.0 Å². The zero-order chi connectivity index (χ0) is 14.8. The van der Waals surface area contributed by atoms with Gasteiger partial charge in [-0.25, -0.2) is 0 Å². The third-order valence-electron chi connectivity index (χ3n) is 3.95. The largest absolute Gasteiger partial charge is 0.294 e. The molecule has 0 amide bonds. The van der Waals surface area contributed by atoms with Gasteiger partial charge in [-0.1, -0.05) is 19.1 Å². The van der Waals surface area contributed by atoms with Gasteiger partial charge in [0, 0.05) is 12.1 Å². The summed E-state index contributed by atoms with van der Waals surface area (Å²) in [6.45, 7) is 2.65. The predicted octanol–water partition coefficient (Wildman–Crippen LogP) is 2.88. The van der Waals surface area contributed by atoms with Crippen LogP contribution < -0.4 is 0 Å². The molecule has 1 aromatic carbocycles. The van der Waals surface area contributed by atoms with Crippen molar-refractivity contribution in [1.82, 2.24) is 9.78 Å². The fraction of sp³-hybridized carbons (Fsp3) is 0.353. The summed E-state index contributed by atoms with van der Waals surface area (Å²) in [7, 11) is 0. The van der Waals surface area contributed by atoms with Crippen LogP contribution in [0.2, 0.25) is 0 Å². The summed E-state index contributed by atoms with van der Waals surface area (Å²) in [6.07, 6.45) is 3.22. The quantitative estimate of drug-likeness (QED) is 0.868. The molecule has 0 bridgehead atoms. The number of ketones is 1. The number of benzene rings is 1. The van der Waals surface area contributed by atoms with E-state index in [4.69, 9.17) is 5.26 Å². The summed E-state index contributed by atoms with van der Waals surface area (Å²) >= 11 is 0. The highest BCUT2D eigenvalue weighted by Gasteiger charge is 2.25. The van der Waals surface area contributed by atoms with Crippen LogP contribution in [-0.4, -0.2) is 15.6 Å². The highest BCUT2D eigenvalue weighted by atomic mass is 16.1. The monoisotopic (exact) mass is 279 g/mol. The Morgan fingerprint density at radius 2 is 2.24 bits per heavy atom. The minimum Gasteiger partial charge on any atom is -0.294 e. The average Bonchev–Trinajstić information content (AvgIpc) is 2.87. The zero-order valence-electron chi connectivity index (χ0n) is 12.1. The van der Waals surface area contributed by atoms with Gasteiger partial charge in [-0.3, -0.25) is 9.48 Å². The summed E-state index contributed by atoms with van der Waals surface area (Å²) in [5.41, 5.74) is 4.51. The highest BCUT2D eigenvalue weighted by molar-refractivity contribution is 5.99. The maximum Gasteiger partial charge on any atom is 0.166 e. The van der Waals surface area contributed by atoms with Crippen LogP contribution >= 0.6 is 0 Å². The standard InChI is InChI=1S/C17H17N3O/c1-2-14-17-15(7-4-8-16(17)21)20(19-14)11-13-6-3-5-12(9-13)10-18/h3,5-6,9H,2,4,7-8,11H2,1H3. The molecule has 0 fully saturated rings. The van der Waals surface area contributed by atoms with Gasteiger partial charge in [-0.15, -0.1) is 0 Å². The molecule has 106 valence electrons. The molecule has 0 saturated heterocycles. The smallest absolute Gasteiger partial charge is 0.166 e. The first kappa shape index (κ1) is 13.6. The van der Waals surface area contributed by atoms with Gasteiger partial charge in [0.15, 0.2) is 5.78 Å². The first-order valence-electron chi connectivity index (χ1n) is 7.33. The van der Waals surface area contributed by atoms with Crippen molar-refractivity contribution in [1.29, 1.82) is 5.26 Å². The van der Waals surface area contributed by atoms with E-state index in [0.29, 0.717) is 18.5 Å². The molecule has 1 aliphatic rings. The Kier molecular flexibility index (Phi) is 3.57. The summed E-state index contributed by atoms with van der Waals surface area (Å²) < 4.78 is 1.95. The predicted molar refractivity (Wildman–Crippen MR) is 79.1 cm³/mol. The van der Waals surface area contributed by atoms with Crippen LogP contribution in [0.25, 0.3) is 0 Å². The molecular weight excluding hydrogens is 262 g/mol. The van der Waals surface area contributed by atoms with Crippen molar-refractivity contribution in [2.24, 2.45) is 0 Å². The number of Topliss-reactive ketones (excluding diaryl/α,β-unsaturated/α-hetero) is 1. The summed E-state index contributed by atoms with van der Waals surface area (Å²) in [4.78, 5) is 12.1. The van der Waals surface area contributed by atoms with Gasteiger partial charge in [0.1, 0.15) is 0 Å². The molecule has 1 aliphatic carbocycles. The molecule has 0 saturated carbocycles. The molecule has 0 radical (unpaired) electrons. The first-order chi connectivity index (χ1) is 10.2. The van der Waals surface area contributed by atoms with Gasteiger partial charge in [-0.2, -0.15) is 10.4 Å². The number of aryl methyl sites for hydroxylation is 1. The van der Waals surface area contributed by atoms with Crippen LogP contribution in [0.15, 0.2) is 24.3 Å². The number of nitrogens with zero attached hydrogens (tertiary/aromatic N) is 3. The van der Waals surface area contributed by atoms with Crippen molar-refractivity contribution >= 4 is 5.78 Å². The third kappa shape index (κ3) is 2.47. The van der Waals surface area contributed by atoms with E-state index in [9.17, 15) is 4.79 Å². The van der Waals surface area contributed by atoms with E-state index in [1.54, 1.807) is 6.07 Å². The molecule has 4 nitrogen and oxygen atoms in total. The van der Waals surface area contributed by atoms with Crippen molar-refractivity contribution in [3.05, 3.63) is 52.3 Å². The van der Waals surface area contributed by atoms with E-state index in [2.05, 4.69) is 11.2 Å². The molecular formula is C17H17N3O. The van der Waals surface area contributed by atoms with Gasteiger partial charge in [0.2, 0.25) is 0 Å². The Morgan fingerprint density at radius 1 is 1.38 bits per heavy atom. The van der Waals surface area contributed by atoms with Crippen molar-refractivity contribution in [2.45, 2.75) is 39.2 Å². The average molecular weight is 279 g/mol. The van der Waals surface area contributed by atoms with Gasteiger partial charge >= 0.3 is 0 Å². The van der Waals surface area contributed by atoms with Crippen LogP contribution in [0.3, 0.4) is 0 Å². The molecule has 2 aromatic rings. The Balaban J connectivity index is 1.99. The number of nitriles is 1. The Labute approximate surface area is 124 Å². The van der Waals surface area contributed by atoms with E-state index in [1.165, 1.54) is 0 Å². The van der Waals surface area contributed by atoms with Crippen molar-refractivity contribution in [3.63, 3.8) is 0 Å². The zero-order valence-corrected chi connectivity index (χ0v) is 12.1. The lowest BCUT2D eigenvalue weighted by molar-refractivity contribution is 0.0971. The normalized spacial score (nSPS) is 13.8. The van der Waals surface area contributed by atoms with E-state index in [1.807, 2.05) is 29.8 Å². The minimum absolute atomic E-state index is 0.227. The van der Waals surface area contributed by atoms with Crippen molar-refractivity contribution in [2.75, 3.05) is 0 Å². The molecule has 1 aromatic heterocycles. The minimum atomic E-state index is 0.227. The molecule has 0 aliphatic heterocycles. The van der Waals surface area contributed by atoms with Crippen molar-refractivity contribution in [3.8, 4) is 6.07 Å². The second kappa shape index (κ2) is 5.53. The van der Waals surface area contributed by atoms with Crippen LogP contribution in [0.1, 0.15) is 52.6 Å². The highest BCUT2D eigenvalue weighted by Crippen LogP contribution is 2.25. The Bertz CT molecular complexity index is 737. The molecule has 0 atom stereocenters. The lowest BCUT2D eigenvalue weighted by Gasteiger charge is -2.13. The number of rotatable bonds is 3. The SMILES string of the molecule is CCc1nn(Cc2cccc(C#N)c2)c2c1C(=O)CCC2.